The maximum atomic E-state index is 13.2. The second kappa shape index (κ2) is 7.90. The summed E-state index contributed by atoms with van der Waals surface area (Å²) in [5, 5.41) is 6.13. The van der Waals surface area contributed by atoms with Crippen molar-refractivity contribution in [2.45, 2.75) is 18.2 Å². The van der Waals surface area contributed by atoms with Gasteiger partial charge in [0, 0.05) is 41.3 Å². The van der Waals surface area contributed by atoms with Crippen molar-refractivity contribution in [3.8, 4) is 0 Å². The molecule has 0 aliphatic rings. The monoisotopic (exact) mass is 390 g/mol. The molecule has 0 aliphatic carbocycles. The number of anilines is 1. The molecule has 136 valence electrons. The first-order valence-electron chi connectivity index (χ1n) is 8.04. The van der Waals surface area contributed by atoms with Gasteiger partial charge in [-0.05, 0) is 18.6 Å². The summed E-state index contributed by atoms with van der Waals surface area (Å²) in [6, 6.07) is 6.71. The van der Waals surface area contributed by atoms with Gasteiger partial charge in [0.15, 0.2) is 5.13 Å². The molecule has 0 fully saturated rings. The average molecular weight is 390 g/mol. The Labute approximate surface area is 155 Å². The predicted octanol–water partition coefficient (Wildman–Crippen LogP) is 2.73. The van der Waals surface area contributed by atoms with Gasteiger partial charge < -0.3 is 5.32 Å². The zero-order valence-electron chi connectivity index (χ0n) is 14.1. The minimum atomic E-state index is -3.84. The molecule has 7 nitrogen and oxygen atoms in total. The number of benzene rings is 1. The van der Waals surface area contributed by atoms with E-state index in [2.05, 4.69) is 15.3 Å². The second-order valence-electron chi connectivity index (χ2n) is 5.58. The largest absolute Gasteiger partial charge is 0.301 e. The summed E-state index contributed by atoms with van der Waals surface area (Å²) < 4.78 is 27.6. The number of rotatable bonds is 7. The number of hydrogen-bond donors (Lipinski definition) is 1. The molecule has 0 spiro atoms. The Bertz CT molecular complexity index is 999. The number of carbonyl (C=O) groups excluding carboxylic acids is 1. The third kappa shape index (κ3) is 3.90. The number of fused-ring (bicyclic) bond motifs is 1. The molecule has 3 aromatic rings. The molecule has 0 radical (unpaired) electrons. The number of sulfonamides is 1. The van der Waals surface area contributed by atoms with E-state index in [4.69, 9.17) is 0 Å². The van der Waals surface area contributed by atoms with E-state index >= 15 is 0 Å². The zero-order chi connectivity index (χ0) is 18.6. The van der Waals surface area contributed by atoms with Gasteiger partial charge in [-0.1, -0.05) is 19.1 Å². The van der Waals surface area contributed by atoms with E-state index in [1.165, 1.54) is 15.6 Å². The molecule has 9 heteroatoms. The number of aromatic nitrogens is 2. The topological polar surface area (TPSA) is 92.3 Å². The van der Waals surface area contributed by atoms with Crippen molar-refractivity contribution in [2.75, 3.05) is 18.4 Å². The molecule has 2 aromatic heterocycles. The Balaban J connectivity index is 1.91. The lowest BCUT2D eigenvalue weighted by Crippen LogP contribution is -2.38. The first-order chi connectivity index (χ1) is 12.5. The van der Waals surface area contributed by atoms with Crippen LogP contribution in [0.25, 0.3) is 10.8 Å². The number of hydrogen-bond acceptors (Lipinski definition) is 6. The lowest BCUT2D eigenvalue weighted by Gasteiger charge is -2.21. The average Bonchev–Trinajstić information content (AvgIpc) is 3.13. The summed E-state index contributed by atoms with van der Waals surface area (Å²) in [7, 11) is -3.84. The van der Waals surface area contributed by atoms with Crippen molar-refractivity contribution in [3.63, 3.8) is 0 Å². The Kier molecular flexibility index (Phi) is 5.60. The highest BCUT2D eigenvalue weighted by atomic mass is 32.2. The molecule has 1 aromatic carbocycles. The molecular formula is C17H18N4O3S2. The van der Waals surface area contributed by atoms with E-state index in [1.807, 2.05) is 6.92 Å². The molecule has 0 aliphatic heterocycles. The van der Waals surface area contributed by atoms with Crippen molar-refractivity contribution >= 4 is 43.2 Å². The normalized spacial score (nSPS) is 11.8. The molecule has 26 heavy (non-hydrogen) atoms. The third-order valence-electron chi connectivity index (χ3n) is 3.73. The van der Waals surface area contributed by atoms with Gasteiger partial charge in [0.1, 0.15) is 0 Å². The lowest BCUT2D eigenvalue weighted by atomic mass is 10.2. The molecule has 1 amide bonds. The molecule has 0 atom stereocenters. The van der Waals surface area contributed by atoms with Gasteiger partial charge in [-0.3, -0.25) is 9.78 Å². The third-order valence-corrected chi connectivity index (χ3v) is 6.32. The quantitative estimate of drug-likeness (QED) is 0.670. The van der Waals surface area contributed by atoms with Gasteiger partial charge >= 0.3 is 0 Å². The van der Waals surface area contributed by atoms with Crippen molar-refractivity contribution < 1.29 is 13.2 Å². The standard InChI is InChI=1S/C17H18N4O3S2/c1-2-9-21(12-16(22)20-17-19-8-10-25-17)26(23,24)15-5-3-4-13-11-18-7-6-14(13)15/h3-8,10-11H,2,9,12H2,1H3,(H,19,20,22). The van der Waals surface area contributed by atoms with E-state index in [9.17, 15) is 13.2 Å². The fraction of sp³-hybridized carbons (Fsp3) is 0.235. The molecule has 0 saturated heterocycles. The molecule has 3 rings (SSSR count). The Hall–Kier alpha value is -2.36. The van der Waals surface area contributed by atoms with Crippen LogP contribution < -0.4 is 5.32 Å². The molecule has 1 N–H and O–H groups in total. The number of thiazole rings is 1. The van der Waals surface area contributed by atoms with E-state index in [0.717, 1.165) is 5.39 Å². The van der Waals surface area contributed by atoms with Gasteiger partial charge in [0.25, 0.3) is 0 Å². The van der Waals surface area contributed by atoms with Crippen LogP contribution in [0.2, 0.25) is 0 Å². The number of nitrogens with one attached hydrogen (secondary N) is 1. The molecule has 0 unspecified atom stereocenters. The molecule has 0 saturated carbocycles. The van der Waals surface area contributed by atoms with Crippen LogP contribution in [0.3, 0.4) is 0 Å². The maximum absolute atomic E-state index is 13.2. The predicted molar refractivity (Wildman–Crippen MR) is 102 cm³/mol. The van der Waals surface area contributed by atoms with E-state index in [-0.39, 0.29) is 18.0 Å². The van der Waals surface area contributed by atoms with Crippen LogP contribution in [-0.2, 0) is 14.8 Å². The van der Waals surface area contributed by atoms with Crippen LogP contribution in [0.15, 0.2) is 53.1 Å². The van der Waals surface area contributed by atoms with Crippen molar-refractivity contribution in [3.05, 3.63) is 48.2 Å². The number of pyridine rings is 1. The first kappa shape index (κ1) is 18.4. The van der Waals surface area contributed by atoms with Crippen LogP contribution >= 0.6 is 11.3 Å². The van der Waals surface area contributed by atoms with Crippen molar-refractivity contribution in [1.82, 2.24) is 14.3 Å². The summed E-state index contributed by atoms with van der Waals surface area (Å²) in [5.74, 6) is -0.418. The Morgan fingerprint density at radius 2 is 2.12 bits per heavy atom. The fourth-order valence-electron chi connectivity index (χ4n) is 2.59. The van der Waals surface area contributed by atoms with Gasteiger partial charge in [-0.2, -0.15) is 4.31 Å². The van der Waals surface area contributed by atoms with Gasteiger partial charge in [-0.15, -0.1) is 11.3 Å². The van der Waals surface area contributed by atoms with Gasteiger partial charge in [-0.25, -0.2) is 13.4 Å². The maximum Gasteiger partial charge on any atom is 0.244 e. The lowest BCUT2D eigenvalue weighted by molar-refractivity contribution is -0.116. The van der Waals surface area contributed by atoms with Crippen LogP contribution in [0.5, 0.6) is 0 Å². The van der Waals surface area contributed by atoms with E-state index < -0.39 is 15.9 Å². The second-order valence-corrected chi connectivity index (χ2v) is 8.38. The highest BCUT2D eigenvalue weighted by Crippen LogP contribution is 2.25. The van der Waals surface area contributed by atoms with Crippen LogP contribution in [0.1, 0.15) is 13.3 Å². The smallest absolute Gasteiger partial charge is 0.244 e. The van der Waals surface area contributed by atoms with Crippen molar-refractivity contribution in [2.24, 2.45) is 0 Å². The number of carbonyl (C=O) groups is 1. The minimum Gasteiger partial charge on any atom is -0.301 e. The number of amides is 1. The van der Waals surface area contributed by atoms with E-state index in [0.29, 0.717) is 16.9 Å². The van der Waals surface area contributed by atoms with Crippen LogP contribution in [0, 0.1) is 0 Å². The van der Waals surface area contributed by atoms with Crippen LogP contribution in [0.4, 0.5) is 5.13 Å². The van der Waals surface area contributed by atoms with Crippen LogP contribution in [-0.4, -0.2) is 41.7 Å². The Morgan fingerprint density at radius 1 is 1.27 bits per heavy atom. The van der Waals surface area contributed by atoms with Crippen molar-refractivity contribution in [1.29, 1.82) is 0 Å². The summed E-state index contributed by atoms with van der Waals surface area (Å²) >= 11 is 1.28. The highest BCUT2D eigenvalue weighted by molar-refractivity contribution is 7.89. The fourth-order valence-corrected chi connectivity index (χ4v) is 4.84. The summed E-state index contributed by atoms with van der Waals surface area (Å²) in [6.45, 7) is 1.85. The highest BCUT2D eigenvalue weighted by Gasteiger charge is 2.27. The Morgan fingerprint density at radius 3 is 2.85 bits per heavy atom. The SMILES string of the molecule is CCCN(CC(=O)Nc1nccs1)S(=O)(=O)c1cccc2cnccc12. The molecule has 2 heterocycles. The summed E-state index contributed by atoms with van der Waals surface area (Å²) in [4.78, 5) is 20.5. The zero-order valence-corrected chi connectivity index (χ0v) is 15.8. The molecular weight excluding hydrogens is 372 g/mol. The molecule has 0 bridgehead atoms. The summed E-state index contributed by atoms with van der Waals surface area (Å²) in [5.41, 5.74) is 0. The first-order valence-corrected chi connectivity index (χ1v) is 10.4. The van der Waals surface area contributed by atoms with Gasteiger partial charge in [0.05, 0.1) is 11.4 Å². The van der Waals surface area contributed by atoms with E-state index in [1.54, 1.807) is 48.2 Å². The summed E-state index contributed by atoms with van der Waals surface area (Å²) in [6.07, 6.45) is 5.34. The van der Waals surface area contributed by atoms with Gasteiger partial charge in [0.2, 0.25) is 15.9 Å². The number of nitrogens with zero attached hydrogens (tertiary/aromatic N) is 3. The minimum absolute atomic E-state index is 0.174.